The van der Waals surface area contributed by atoms with Gasteiger partial charge in [0.25, 0.3) is 0 Å². The first-order valence-electron chi connectivity index (χ1n) is 13.0. The predicted octanol–water partition coefficient (Wildman–Crippen LogP) is 6.97. The highest BCUT2D eigenvalue weighted by Crippen LogP contribution is 2.59. The monoisotopic (exact) mass is 558 g/mol. The summed E-state index contributed by atoms with van der Waals surface area (Å²) >= 11 is 12.8. The maximum absolute atomic E-state index is 14.8. The van der Waals surface area contributed by atoms with Crippen molar-refractivity contribution < 1.29 is 14.4 Å². The Hall–Kier alpha value is -3.41. The van der Waals surface area contributed by atoms with E-state index in [-0.39, 0.29) is 28.1 Å². The Bertz CT molecular complexity index is 1600. The molecule has 7 heteroatoms. The summed E-state index contributed by atoms with van der Waals surface area (Å²) in [5.74, 6) is -1.82. The van der Waals surface area contributed by atoms with Crippen LogP contribution in [0.3, 0.4) is 0 Å². The smallest absolute Gasteiger partial charge is 0.238 e. The number of hydrogen-bond acceptors (Lipinski definition) is 4. The number of anilines is 2. The van der Waals surface area contributed by atoms with Crippen molar-refractivity contribution in [2.45, 2.75) is 45.2 Å². The van der Waals surface area contributed by atoms with Crippen LogP contribution in [-0.4, -0.2) is 29.6 Å². The summed E-state index contributed by atoms with van der Waals surface area (Å²) in [5.41, 5.74) is 2.24. The van der Waals surface area contributed by atoms with E-state index in [1.165, 1.54) is 6.07 Å². The summed E-state index contributed by atoms with van der Waals surface area (Å²) in [4.78, 5) is 45.6. The van der Waals surface area contributed by atoms with Gasteiger partial charge in [-0.1, -0.05) is 86.4 Å². The van der Waals surface area contributed by atoms with Gasteiger partial charge in [-0.25, -0.2) is 0 Å². The lowest BCUT2D eigenvalue weighted by molar-refractivity contribution is -0.128. The number of fused-ring (bicyclic) bond motifs is 6. The molecule has 1 spiro atoms. The van der Waals surface area contributed by atoms with Crippen LogP contribution < -0.4 is 10.2 Å². The minimum atomic E-state index is -1.36. The van der Waals surface area contributed by atoms with Crippen LogP contribution in [0.25, 0.3) is 5.57 Å². The third-order valence-corrected chi connectivity index (χ3v) is 8.92. The zero-order valence-electron chi connectivity index (χ0n) is 22.1. The summed E-state index contributed by atoms with van der Waals surface area (Å²) in [5, 5.41) is 3.63. The Morgan fingerprint density at radius 1 is 0.974 bits per heavy atom. The summed E-state index contributed by atoms with van der Waals surface area (Å²) in [6, 6.07) is 18.5. The zero-order chi connectivity index (χ0) is 27.9. The molecule has 1 saturated heterocycles. The van der Waals surface area contributed by atoms with Crippen LogP contribution in [-0.2, 0) is 15.0 Å². The van der Waals surface area contributed by atoms with Crippen molar-refractivity contribution in [2.24, 2.45) is 11.3 Å². The molecule has 0 aromatic heterocycles. The molecule has 39 heavy (non-hydrogen) atoms. The summed E-state index contributed by atoms with van der Waals surface area (Å²) in [7, 11) is 0. The molecule has 198 valence electrons. The summed E-state index contributed by atoms with van der Waals surface area (Å²) < 4.78 is 0. The molecule has 3 aliphatic rings. The molecule has 3 aromatic carbocycles. The van der Waals surface area contributed by atoms with Gasteiger partial charge >= 0.3 is 0 Å². The molecule has 4 unspecified atom stereocenters. The number of carbonyl (C=O) groups is 3. The number of para-hydroxylation sites is 2. The number of carbonyl (C=O) groups excluding carboxylic acids is 3. The largest absolute Gasteiger partial charge is 0.352 e. The van der Waals surface area contributed by atoms with Gasteiger partial charge in [-0.3, -0.25) is 14.4 Å². The van der Waals surface area contributed by atoms with E-state index in [2.05, 4.69) is 5.32 Å². The molecule has 5 nitrogen and oxygen atoms in total. The van der Waals surface area contributed by atoms with Crippen molar-refractivity contribution in [3.8, 4) is 0 Å². The summed E-state index contributed by atoms with van der Waals surface area (Å²) in [6.07, 6.45) is 2.05. The number of amides is 1. The van der Waals surface area contributed by atoms with Crippen LogP contribution >= 0.6 is 23.2 Å². The fourth-order valence-corrected chi connectivity index (χ4v) is 7.19. The van der Waals surface area contributed by atoms with Crippen LogP contribution in [0.4, 0.5) is 11.4 Å². The van der Waals surface area contributed by atoms with E-state index < -0.39 is 28.8 Å². The number of hydrogen-bond donors (Lipinski definition) is 1. The number of nitrogens with one attached hydrogen (secondary N) is 1. The third kappa shape index (κ3) is 3.56. The Morgan fingerprint density at radius 2 is 1.67 bits per heavy atom. The molecule has 4 atom stereocenters. The molecule has 0 aliphatic carbocycles. The standard InChI is InChI=1S/C32H28Cl2N2O3/c1-17-15-25-32(21-10-6-7-11-23(21)35-30(32)39)26(28(37)20-14-13-18(33)16-22(20)34)27(29(38)31(2,3)4)36(25)24-12-8-5-9-19(17)24/h5-16,25-27H,1-4H3,(H,35,39). The van der Waals surface area contributed by atoms with Crippen molar-refractivity contribution in [3.05, 3.63) is 99.5 Å². The SMILES string of the molecule is CC1=CC2N(c3ccccc31)C(C(=O)C(C)(C)C)C(C(=O)c1ccc(Cl)cc1Cl)C21C(=O)Nc2ccccc21. The van der Waals surface area contributed by atoms with Gasteiger partial charge in [0, 0.05) is 32.9 Å². The lowest BCUT2D eigenvalue weighted by Gasteiger charge is -2.39. The van der Waals surface area contributed by atoms with E-state index in [1.54, 1.807) is 12.1 Å². The third-order valence-electron chi connectivity index (χ3n) is 8.37. The molecule has 1 N–H and O–H groups in total. The molecule has 3 heterocycles. The molecule has 1 amide bonds. The second-order valence-electron chi connectivity index (χ2n) is 11.6. The van der Waals surface area contributed by atoms with Crippen LogP contribution in [0.1, 0.15) is 49.2 Å². The van der Waals surface area contributed by atoms with Crippen molar-refractivity contribution in [3.63, 3.8) is 0 Å². The molecule has 3 aromatic rings. The number of nitrogens with zero attached hydrogens (tertiary/aromatic N) is 1. The quantitative estimate of drug-likeness (QED) is 0.352. The Balaban J connectivity index is 1.71. The minimum absolute atomic E-state index is 0.118. The van der Waals surface area contributed by atoms with E-state index >= 15 is 0 Å². The van der Waals surface area contributed by atoms with Crippen molar-refractivity contribution >= 4 is 57.6 Å². The number of ketones is 2. The number of rotatable bonds is 3. The molecule has 6 rings (SSSR count). The van der Waals surface area contributed by atoms with Crippen molar-refractivity contribution in [1.82, 2.24) is 0 Å². The van der Waals surface area contributed by atoms with Gasteiger partial charge in [0.1, 0.15) is 11.5 Å². The number of benzene rings is 3. The fraction of sp³-hybridized carbons (Fsp3) is 0.281. The van der Waals surface area contributed by atoms with Gasteiger partial charge in [0.05, 0.1) is 17.0 Å². The van der Waals surface area contributed by atoms with E-state index in [4.69, 9.17) is 23.2 Å². The average Bonchev–Trinajstić information content (AvgIpc) is 3.35. The topological polar surface area (TPSA) is 66.5 Å². The Labute approximate surface area is 237 Å². The van der Waals surface area contributed by atoms with E-state index in [1.807, 2.05) is 87.2 Å². The van der Waals surface area contributed by atoms with E-state index in [9.17, 15) is 14.4 Å². The zero-order valence-corrected chi connectivity index (χ0v) is 23.6. The lowest BCUT2D eigenvalue weighted by atomic mass is 9.63. The maximum Gasteiger partial charge on any atom is 0.238 e. The van der Waals surface area contributed by atoms with Gasteiger partial charge in [-0.05, 0) is 48.4 Å². The highest BCUT2D eigenvalue weighted by atomic mass is 35.5. The van der Waals surface area contributed by atoms with Gasteiger partial charge in [-0.2, -0.15) is 0 Å². The second-order valence-corrected chi connectivity index (χ2v) is 12.5. The first-order chi connectivity index (χ1) is 18.5. The van der Waals surface area contributed by atoms with Crippen molar-refractivity contribution in [1.29, 1.82) is 0 Å². The highest BCUT2D eigenvalue weighted by molar-refractivity contribution is 6.37. The van der Waals surface area contributed by atoms with Crippen LogP contribution in [0.15, 0.2) is 72.8 Å². The van der Waals surface area contributed by atoms with Crippen LogP contribution in [0.5, 0.6) is 0 Å². The Morgan fingerprint density at radius 3 is 2.38 bits per heavy atom. The number of halogens is 2. The van der Waals surface area contributed by atoms with E-state index in [0.717, 1.165) is 16.8 Å². The fourth-order valence-electron chi connectivity index (χ4n) is 6.69. The molecule has 0 radical (unpaired) electrons. The van der Waals surface area contributed by atoms with E-state index in [0.29, 0.717) is 16.3 Å². The second kappa shape index (κ2) is 8.80. The molecule has 0 bridgehead atoms. The highest BCUT2D eigenvalue weighted by Gasteiger charge is 2.71. The van der Waals surface area contributed by atoms with Crippen molar-refractivity contribution in [2.75, 3.05) is 10.2 Å². The molecular formula is C32H28Cl2N2O3. The minimum Gasteiger partial charge on any atom is -0.352 e. The number of allylic oxidation sites excluding steroid dienone is 1. The maximum atomic E-state index is 14.8. The first kappa shape index (κ1) is 25.8. The van der Waals surface area contributed by atoms with Gasteiger partial charge in [0.15, 0.2) is 11.6 Å². The average molecular weight is 559 g/mol. The molecular weight excluding hydrogens is 531 g/mol. The van der Waals surface area contributed by atoms with Crippen LogP contribution in [0.2, 0.25) is 10.0 Å². The summed E-state index contributed by atoms with van der Waals surface area (Å²) in [6.45, 7) is 7.57. The number of Topliss-reactive ketones (excluding diaryl/α,β-unsaturated/α-hetero) is 2. The normalized spacial score (nSPS) is 25.1. The predicted molar refractivity (Wildman–Crippen MR) is 156 cm³/mol. The molecule has 3 aliphatic heterocycles. The van der Waals surface area contributed by atoms with Gasteiger partial charge in [0.2, 0.25) is 5.91 Å². The van der Waals surface area contributed by atoms with Crippen LogP contribution in [0, 0.1) is 11.3 Å². The first-order valence-corrected chi connectivity index (χ1v) is 13.7. The van der Waals surface area contributed by atoms with Gasteiger partial charge in [-0.15, -0.1) is 0 Å². The lowest BCUT2D eigenvalue weighted by Crippen LogP contribution is -2.51. The molecule has 0 saturated carbocycles. The van der Waals surface area contributed by atoms with Gasteiger partial charge < -0.3 is 10.2 Å². The Kier molecular flexibility index (Phi) is 5.83. The molecule has 1 fully saturated rings.